The molecule has 1 rings (SSSR count). The van der Waals surface area contributed by atoms with Crippen LogP contribution in [0.1, 0.15) is 12.5 Å². The van der Waals surface area contributed by atoms with E-state index < -0.39 is 5.82 Å². The van der Waals surface area contributed by atoms with Crippen molar-refractivity contribution in [2.24, 2.45) is 0 Å². The van der Waals surface area contributed by atoms with E-state index in [1.165, 1.54) is 12.1 Å². The van der Waals surface area contributed by atoms with Gasteiger partial charge in [-0.15, -0.1) is 0 Å². The van der Waals surface area contributed by atoms with Gasteiger partial charge in [-0.1, -0.05) is 13.0 Å². The van der Waals surface area contributed by atoms with Gasteiger partial charge in [0, 0.05) is 5.75 Å². The number of thioether (sulfide) groups is 1. The Hall–Kier alpha value is -0.700. The van der Waals surface area contributed by atoms with E-state index in [-0.39, 0.29) is 5.75 Å². The predicted molar refractivity (Wildman–Crippen MR) is 49.9 cm³/mol. The third-order valence-corrected chi connectivity index (χ3v) is 2.43. The molecular formula is C9H11FOS. The number of hydrogen-bond donors (Lipinski definition) is 1. The van der Waals surface area contributed by atoms with Crippen LogP contribution in [-0.4, -0.2) is 10.9 Å². The minimum Gasteiger partial charge on any atom is -0.505 e. The summed E-state index contributed by atoms with van der Waals surface area (Å²) in [6.45, 7) is 2.06. The van der Waals surface area contributed by atoms with Crippen LogP contribution >= 0.6 is 11.8 Å². The molecule has 0 heterocycles. The van der Waals surface area contributed by atoms with E-state index in [4.69, 9.17) is 5.11 Å². The molecule has 0 amide bonds. The van der Waals surface area contributed by atoms with Crippen LogP contribution in [0.15, 0.2) is 18.2 Å². The molecule has 3 heteroatoms. The second-order valence-corrected chi connectivity index (χ2v) is 3.70. The van der Waals surface area contributed by atoms with Gasteiger partial charge in [0.05, 0.1) is 0 Å². The summed E-state index contributed by atoms with van der Waals surface area (Å²) in [6.07, 6.45) is 0. The van der Waals surface area contributed by atoms with Crippen LogP contribution in [-0.2, 0) is 5.75 Å². The van der Waals surface area contributed by atoms with Crippen molar-refractivity contribution < 1.29 is 9.50 Å². The quantitative estimate of drug-likeness (QED) is 0.783. The number of hydrogen-bond acceptors (Lipinski definition) is 2. The van der Waals surface area contributed by atoms with Crippen molar-refractivity contribution in [1.29, 1.82) is 0 Å². The van der Waals surface area contributed by atoms with E-state index in [0.717, 1.165) is 17.1 Å². The Morgan fingerprint density at radius 3 is 2.83 bits per heavy atom. The molecular weight excluding hydrogens is 175 g/mol. The van der Waals surface area contributed by atoms with Crippen molar-refractivity contribution in [3.05, 3.63) is 29.6 Å². The zero-order valence-electron chi connectivity index (χ0n) is 6.88. The van der Waals surface area contributed by atoms with E-state index in [1.807, 2.05) is 0 Å². The van der Waals surface area contributed by atoms with E-state index in [1.54, 1.807) is 17.8 Å². The molecule has 0 saturated heterocycles. The minimum absolute atomic E-state index is 0.278. The lowest BCUT2D eigenvalue weighted by Gasteiger charge is -2.00. The van der Waals surface area contributed by atoms with Crippen LogP contribution < -0.4 is 0 Å². The highest BCUT2D eigenvalue weighted by Gasteiger charge is 2.00. The predicted octanol–water partition coefficient (Wildman–Crippen LogP) is 2.78. The number of halogens is 1. The Kier molecular flexibility index (Phi) is 3.41. The van der Waals surface area contributed by atoms with Gasteiger partial charge in [-0.3, -0.25) is 0 Å². The van der Waals surface area contributed by atoms with Crippen molar-refractivity contribution in [2.45, 2.75) is 12.7 Å². The Bertz CT molecular complexity index is 263. The zero-order valence-corrected chi connectivity index (χ0v) is 7.70. The SMILES string of the molecule is CCSCc1ccc(O)c(F)c1. The summed E-state index contributed by atoms with van der Waals surface area (Å²) in [5, 5.41) is 8.89. The molecule has 1 N–H and O–H groups in total. The van der Waals surface area contributed by atoms with Crippen molar-refractivity contribution in [3.8, 4) is 5.75 Å². The Balaban J connectivity index is 2.69. The molecule has 0 spiro atoms. The van der Waals surface area contributed by atoms with Crippen LogP contribution in [0.25, 0.3) is 0 Å². The van der Waals surface area contributed by atoms with Crippen LogP contribution in [0.2, 0.25) is 0 Å². The molecule has 0 unspecified atom stereocenters. The first-order valence-corrected chi connectivity index (χ1v) is 4.94. The molecule has 0 atom stereocenters. The zero-order chi connectivity index (χ0) is 8.97. The van der Waals surface area contributed by atoms with Gasteiger partial charge in [0.1, 0.15) is 0 Å². The van der Waals surface area contributed by atoms with Crippen molar-refractivity contribution in [3.63, 3.8) is 0 Å². The molecule has 12 heavy (non-hydrogen) atoms. The highest BCUT2D eigenvalue weighted by molar-refractivity contribution is 7.98. The first kappa shape index (κ1) is 9.39. The van der Waals surface area contributed by atoms with Gasteiger partial charge >= 0.3 is 0 Å². The average Bonchev–Trinajstić information content (AvgIpc) is 2.07. The Morgan fingerprint density at radius 2 is 2.25 bits per heavy atom. The molecule has 0 bridgehead atoms. The number of phenolic OH excluding ortho intramolecular Hbond substituents is 1. The monoisotopic (exact) mass is 186 g/mol. The molecule has 66 valence electrons. The molecule has 0 fully saturated rings. The fourth-order valence-electron chi connectivity index (χ4n) is 0.860. The maximum atomic E-state index is 12.7. The van der Waals surface area contributed by atoms with E-state index in [0.29, 0.717) is 0 Å². The van der Waals surface area contributed by atoms with E-state index >= 15 is 0 Å². The summed E-state index contributed by atoms with van der Waals surface area (Å²) in [6, 6.07) is 4.50. The first-order chi connectivity index (χ1) is 5.74. The van der Waals surface area contributed by atoms with Crippen molar-refractivity contribution in [2.75, 3.05) is 5.75 Å². The maximum absolute atomic E-state index is 12.7. The van der Waals surface area contributed by atoms with Crippen LogP contribution in [0, 0.1) is 5.82 Å². The summed E-state index contributed by atoms with van der Waals surface area (Å²) in [5.41, 5.74) is 0.914. The minimum atomic E-state index is -0.538. The number of phenols is 1. The second-order valence-electron chi connectivity index (χ2n) is 2.42. The fourth-order valence-corrected chi connectivity index (χ4v) is 1.48. The summed E-state index contributed by atoms with van der Waals surface area (Å²) >= 11 is 1.73. The normalized spacial score (nSPS) is 10.2. The van der Waals surface area contributed by atoms with Gasteiger partial charge in [0.2, 0.25) is 0 Å². The first-order valence-electron chi connectivity index (χ1n) is 3.79. The third kappa shape index (κ3) is 2.41. The van der Waals surface area contributed by atoms with Gasteiger partial charge in [0.15, 0.2) is 11.6 Å². The molecule has 1 nitrogen and oxygen atoms in total. The Labute approximate surface area is 75.6 Å². The Morgan fingerprint density at radius 1 is 1.50 bits per heavy atom. The summed E-state index contributed by atoms with van der Waals surface area (Å²) in [7, 11) is 0. The van der Waals surface area contributed by atoms with E-state index in [2.05, 4.69) is 6.92 Å². The van der Waals surface area contributed by atoms with Crippen LogP contribution in [0.4, 0.5) is 4.39 Å². The summed E-state index contributed by atoms with van der Waals surface area (Å²) in [4.78, 5) is 0. The van der Waals surface area contributed by atoms with Gasteiger partial charge in [-0.2, -0.15) is 11.8 Å². The van der Waals surface area contributed by atoms with Crippen molar-refractivity contribution in [1.82, 2.24) is 0 Å². The molecule has 0 radical (unpaired) electrons. The molecule has 0 aliphatic carbocycles. The van der Waals surface area contributed by atoms with Gasteiger partial charge in [0.25, 0.3) is 0 Å². The lowest BCUT2D eigenvalue weighted by Crippen LogP contribution is -1.83. The lowest BCUT2D eigenvalue weighted by atomic mass is 10.2. The highest BCUT2D eigenvalue weighted by Crippen LogP contribution is 2.19. The third-order valence-electron chi connectivity index (χ3n) is 1.48. The van der Waals surface area contributed by atoms with Gasteiger partial charge in [-0.25, -0.2) is 4.39 Å². The number of rotatable bonds is 3. The van der Waals surface area contributed by atoms with Crippen LogP contribution in [0.3, 0.4) is 0 Å². The molecule has 0 aliphatic rings. The number of aromatic hydroxyl groups is 1. The van der Waals surface area contributed by atoms with Crippen LogP contribution in [0.5, 0.6) is 5.75 Å². The summed E-state index contributed by atoms with van der Waals surface area (Å²) in [5.74, 6) is 1.00. The van der Waals surface area contributed by atoms with Crippen molar-refractivity contribution >= 4 is 11.8 Å². The van der Waals surface area contributed by atoms with E-state index in [9.17, 15) is 4.39 Å². The molecule has 0 aliphatic heterocycles. The topological polar surface area (TPSA) is 20.2 Å². The average molecular weight is 186 g/mol. The smallest absolute Gasteiger partial charge is 0.165 e. The second kappa shape index (κ2) is 4.36. The highest BCUT2D eigenvalue weighted by atomic mass is 32.2. The van der Waals surface area contributed by atoms with Gasteiger partial charge in [-0.05, 0) is 23.4 Å². The summed E-state index contributed by atoms with van der Waals surface area (Å²) < 4.78 is 12.7. The number of benzene rings is 1. The largest absolute Gasteiger partial charge is 0.505 e. The van der Waals surface area contributed by atoms with Gasteiger partial charge < -0.3 is 5.11 Å². The lowest BCUT2D eigenvalue weighted by molar-refractivity contribution is 0.432. The molecule has 0 aromatic heterocycles. The fraction of sp³-hybridized carbons (Fsp3) is 0.333. The molecule has 1 aromatic carbocycles. The standard InChI is InChI=1S/C9H11FOS/c1-2-12-6-7-3-4-9(11)8(10)5-7/h3-5,11H,2,6H2,1H3. The maximum Gasteiger partial charge on any atom is 0.165 e. The molecule has 0 saturated carbocycles. The molecule has 1 aromatic rings.